The maximum atomic E-state index is 11.5. The van der Waals surface area contributed by atoms with Crippen LogP contribution in [0.25, 0.3) is 0 Å². The molecule has 0 bridgehead atoms. The van der Waals surface area contributed by atoms with Crippen molar-refractivity contribution in [2.24, 2.45) is 17.8 Å². The van der Waals surface area contributed by atoms with E-state index in [1.54, 1.807) is 6.92 Å². The molecular weight excluding hydrogens is 172 g/mol. The Labute approximate surface area is 75.2 Å². The van der Waals surface area contributed by atoms with Gasteiger partial charge in [-0.2, -0.15) is 0 Å². The van der Waals surface area contributed by atoms with Crippen molar-refractivity contribution in [3.05, 3.63) is 0 Å². The van der Waals surface area contributed by atoms with Gasteiger partial charge in [0.05, 0.1) is 17.8 Å². The molecule has 4 atom stereocenters. The van der Waals surface area contributed by atoms with Crippen molar-refractivity contribution in [1.82, 2.24) is 0 Å². The minimum atomic E-state index is -0.676. The number of ether oxygens (including phenoxy) is 1. The van der Waals surface area contributed by atoms with Crippen molar-refractivity contribution in [3.8, 4) is 0 Å². The van der Waals surface area contributed by atoms with E-state index in [0.717, 1.165) is 0 Å². The van der Waals surface area contributed by atoms with Crippen LogP contribution < -0.4 is 0 Å². The smallest absolute Gasteiger partial charge is 0.172 e. The topological polar surface area (TPSA) is 60.4 Å². The number of fused-ring (bicyclic) bond motifs is 1. The Hall–Kier alpha value is -1.03. The van der Waals surface area contributed by atoms with Crippen molar-refractivity contribution in [1.29, 1.82) is 0 Å². The highest BCUT2D eigenvalue weighted by molar-refractivity contribution is 6.27. The van der Waals surface area contributed by atoms with Crippen molar-refractivity contribution in [2.45, 2.75) is 13.0 Å². The normalized spacial score (nSPS) is 43.4. The summed E-state index contributed by atoms with van der Waals surface area (Å²) >= 11 is 0. The zero-order valence-electron chi connectivity index (χ0n) is 7.44. The molecule has 0 saturated heterocycles. The average molecular weight is 182 g/mol. The van der Waals surface area contributed by atoms with Gasteiger partial charge in [0.15, 0.2) is 17.3 Å². The molecule has 4 unspecified atom stereocenters. The van der Waals surface area contributed by atoms with E-state index in [1.165, 1.54) is 7.11 Å². The second-order valence-corrected chi connectivity index (χ2v) is 3.59. The van der Waals surface area contributed by atoms with Crippen LogP contribution in [-0.2, 0) is 19.1 Å². The lowest BCUT2D eigenvalue weighted by Crippen LogP contribution is -2.40. The van der Waals surface area contributed by atoms with Crippen molar-refractivity contribution in [2.75, 3.05) is 7.11 Å². The van der Waals surface area contributed by atoms with Gasteiger partial charge >= 0.3 is 0 Å². The lowest BCUT2D eigenvalue weighted by atomic mass is 9.86. The number of carbonyl (C=O) groups excluding carboxylic acids is 3. The molecule has 0 heterocycles. The number of hydrogen-bond donors (Lipinski definition) is 0. The molecule has 2 aliphatic rings. The minimum absolute atomic E-state index is 0.130. The van der Waals surface area contributed by atoms with E-state index in [4.69, 9.17) is 4.74 Å². The number of carbonyl (C=O) groups is 3. The zero-order valence-corrected chi connectivity index (χ0v) is 7.44. The van der Waals surface area contributed by atoms with E-state index in [0.29, 0.717) is 0 Å². The molecule has 0 aromatic carbocycles. The van der Waals surface area contributed by atoms with Gasteiger partial charge in [-0.05, 0) is 6.92 Å². The average Bonchev–Trinajstić information content (AvgIpc) is 2.75. The highest BCUT2D eigenvalue weighted by atomic mass is 16.5. The van der Waals surface area contributed by atoms with E-state index in [1.807, 2.05) is 0 Å². The minimum Gasteiger partial charge on any atom is -0.373 e. The molecule has 0 aromatic rings. The fourth-order valence-electron chi connectivity index (χ4n) is 2.00. The summed E-state index contributed by atoms with van der Waals surface area (Å²) in [5.74, 6) is -2.29. The van der Waals surface area contributed by atoms with E-state index in [2.05, 4.69) is 0 Å². The fraction of sp³-hybridized carbons (Fsp3) is 0.667. The number of ketones is 3. The SMILES string of the molecule is COC1C(=O)C(C)C(=O)C2C(=O)C12. The molecule has 0 amide bonds. The third-order valence-corrected chi connectivity index (χ3v) is 2.91. The molecule has 4 heteroatoms. The maximum absolute atomic E-state index is 11.5. The first-order valence-electron chi connectivity index (χ1n) is 4.23. The largest absolute Gasteiger partial charge is 0.373 e. The molecule has 70 valence electrons. The van der Waals surface area contributed by atoms with E-state index < -0.39 is 23.9 Å². The Balaban J connectivity index is 2.31. The molecule has 0 radical (unpaired) electrons. The number of Topliss-reactive ketones (excluding diaryl/α,β-unsaturated/α-hetero) is 3. The molecule has 4 nitrogen and oxygen atoms in total. The lowest BCUT2D eigenvalue weighted by Gasteiger charge is -2.20. The van der Waals surface area contributed by atoms with Crippen LogP contribution >= 0.6 is 0 Å². The summed E-state index contributed by atoms with van der Waals surface area (Å²) < 4.78 is 4.92. The van der Waals surface area contributed by atoms with Crippen molar-refractivity contribution >= 4 is 17.3 Å². The third kappa shape index (κ3) is 0.920. The van der Waals surface area contributed by atoms with Crippen LogP contribution in [-0.4, -0.2) is 30.6 Å². The van der Waals surface area contributed by atoms with Gasteiger partial charge in [-0.25, -0.2) is 0 Å². The summed E-state index contributed by atoms with van der Waals surface area (Å²) in [4.78, 5) is 33.9. The molecule has 0 aliphatic heterocycles. The molecule has 2 aliphatic carbocycles. The van der Waals surface area contributed by atoms with Crippen LogP contribution in [0.2, 0.25) is 0 Å². The molecule has 2 fully saturated rings. The van der Waals surface area contributed by atoms with E-state index in [9.17, 15) is 14.4 Å². The second-order valence-electron chi connectivity index (χ2n) is 3.59. The first-order valence-corrected chi connectivity index (χ1v) is 4.23. The standard InChI is InChI=1S/C9H10O4/c1-3-6(10)4-5(8(4)12)9(13-2)7(3)11/h3-5,9H,1-2H3. The van der Waals surface area contributed by atoms with Gasteiger partial charge < -0.3 is 4.74 Å². The van der Waals surface area contributed by atoms with Gasteiger partial charge in [-0.15, -0.1) is 0 Å². The van der Waals surface area contributed by atoms with Gasteiger partial charge in [0.1, 0.15) is 6.10 Å². The van der Waals surface area contributed by atoms with Crippen LogP contribution in [0.5, 0.6) is 0 Å². The van der Waals surface area contributed by atoms with Crippen LogP contribution in [0.4, 0.5) is 0 Å². The quantitative estimate of drug-likeness (QED) is 0.518. The third-order valence-electron chi connectivity index (χ3n) is 2.91. The van der Waals surface area contributed by atoms with Gasteiger partial charge in [0.25, 0.3) is 0 Å². The fourth-order valence-corrected chi connectivity index (χ4v) is 2.00. The molecule has 0 spiro atoms. The summed E-state index contributed by atoms with van der Waals surface area (Å²) in [7, 11) is 1.40. The van der Waals surface area contributed by atoms with Crippen molar-refractivity contribution in [3.63, 3.8) is 0 Å². The van der Waals surface area contributed by atoms with E-state index in [-0.39, 0.29) is 17.3 Å². The summed E-state index contributed by atoms with van der Waals surface area (Å²) in [6.07, 6.45) is -0.676. The maximum Gasteiger partial charge on any atom is 0.172 e. The van der Waals surface area contributed by atoms with Gasteiger partial charge in [-0.3, -0.25) is 14.4 Å². The summed E-state index contributed by atoms with van der Waals surface area (Å²) in [6.45, 7) is 1.54. The predicted octanol–water partition coefficient (Wildman–Crippen LogP) is -0.396. The summed E-state index contributed by atoms with van der Waals surface area (Å²) in [6, 6.07) is 0. The molecule has 0 aromatic heterocycles. The monoisotopic (exact) mass is 182 g/mol. The van der Waals surface area contributed by atoms with Crippen LogP contribution in [0.1, 0.15) is 6.92 Å². The molecule has 2 rings (SSSR count). The Bertz CT molecular complexity index is 303. The van der Waals surface area contributed by atoms with E-state index >= 15 is 0 Å². The molecule has 2 saturated carbocycles. The first-order chi connectivity index (χ1) is 6.09. The van der Waals surface area contributed by atoms with Crippen LogP contribution in [0.15, 0.2) is 0 Å². The Morgan fingerprint density at radius 2 is 1.69 bits per heavy atom. The predicted molar refractivity (Wildman–Crippen MR) is 42.0 cm³/mol. The summed E-state index contributed by atoms with van der Waals surface area (Å²) in [5.41, 5.74) is 0. The van der Waals surface area contributed by atoms with Gasteiger partial charge in [0, 0.05) is 7.11 Å². The van der Waals surface area contributed by atoms with Crippen LogP contribution in [0.3, 0.4) is 0 Å². The van der Waals surface area contributed by atoms with Crippen molar-refractivity contribution < 1.29 is 19.1 Å². The van der Waals surface area contributed by atoms with Gasteiger partial charge in [-0.1, -0.05) is 0 Å². The first kappa shape index (κ1) is 8.56. The van der Waals surface area contributed by atoms with Crippen LogP contribution in [0, 0.1) is 17.8 Å². The summed E-state index contributed by atoms with van der Waals surface area (Å²) in [5, 5.41) is 0. The zero-order chi connectivity index (χ0) is 9.75. The number of hydrogen-bond acceptors (Lipinski definition) is 4. The molecule has 0 N–H and O–H groups in total. The highest BCUT2D eigenvalue weighted by Crippen LogP contribution is 2.45. The van der Waals surface area contributed by atoms with Gasteiger partial charge in [0.2, 0.25) is 0 Å². The Morgan fingerprint density at radius 3 is 2.23 bits per heavy atom. The highest BCUT2D eigenvalue weighted by Gasteiger charge is 2.65. The number of rotatable bonds is 1. The lowest BCUT2D eigenvalue weighted by molar-refractivity contribution is -0.144. The molecule has 13 heavy (non-hydrogen) atoms. The Morgan fingerprint density at radius 1 is 1.08 bits per heavy atom. The Kier molecular flexibility index (Phi) is 1.63. The number of methoxy groups -OCH3 is 1. The molecular formula is C9H10O4. The second kappa shape index (κ2) is 2.48.